The Morgan fingerprint density at radius 3 is 2.37 bits per heavy atom. The van der Waals surface area contributed by atoms with Gasteiger partial charge in [-0.2, -0.15) is 0 Å². The number of rotatable bonds is 5. The van der Waals surface area contributed by atoms with E-state index < -0.39 is 67.7 Å². The minimum atomic E-state index is -2.84. The predicted molar refractivity (Wildman–Crippen MR) is 153 cm³/mol. The third-order valence-corrected chi connectivity index (χ3v) is 9.30. The zero-order valence-corrected chi connectivity index (χ0v) is 24.0. The smallest absolute Gasteiger partial charge is 0.270 e. The van der Waals surface area contributed by atoms with Crippen LogP contribution in [0.3, 0.4) is 0 Å². The second-order valence-corrected chi connectivity index (χ2v) is 12.2. The summed E-state index contributed by atoms with van der Waals surface area (Å²) in [6.07, 6.45) is -0.170. The summed E-state index contributed by atoms with van der Waals surface area (Å²) >= 11 is 0. The summed E-state index contributed by atoms with van der Waals surface area (Å²) in [7, 11) is 3.04. The van der Waals surface area contributed by atoms with Gasteiger partial charge < -0.3 is 31.9 Å². The second kappa shape index (κ2) is 9.46. The highest BCUT2D eigenvalue weighted by Gasteiger charge is 2.72. The molecule has 0 unspecified atom stereocenters. The molecule has 0 heterocycles. The number of hydrogen-bond donors (Lipinski definition) is 6. The van der Waals surface area contributed by atoms with Gasteiger partial charge in [0.05, 0.1) is 16.5 Å². The molecule has 13 heteroatoms. The number of non-ortho nitro benzene ring substituents is 1. The molecule has 2 aromatic carbocycles. The van der Waals surface area contributed by atoms with Crippen molar-refractivity contribution < 1.29 is 39.7 Å². The summed E-state index contributed by atoms with van der Waals surface area (Å²) in [6, 6.07) is 6.06. The Hall–Kier alpha value is -4.59. The third kappa shape index (κ3) is 3.78. The molecule has 13 nitrogen and oxygen atoms in total. The van der Waals surface area contributed by atoms with Crippen LogP contribution in [0.4, 0.5) is 5.69 Å². The lowest BCUT2D eigenvalue weighted by Crippen LogP contribution is -2.72. The van der Waals surface area contributed by atoms with E-state index in [-0.39, 0.29) is 41.8 Å². The molecule has 1 saturated carbocycles. The van der Waals surface area contributed by atoms with Gasteiger partial charge in [0.25, 0.3) is 11.6 Å². The first-order valence-electron chi connectivity index (χ1n) is 13.4. The predicted octanol–water partition coefficient (Wildman–Crippen LogP) is 1.78. The lowest BCUT2D eigenvalue weighted by atomic mass is 9.46. The molecule has 4 atom stereocenters. The molecule has 3 aliphatic rings. The molecule has 43 heavy (non-hydrogen) atoms. The zero-order valence-electron chi connectivity index (χ0n) is 24.0. The molecule has 1 amide bonds. The number of nitrogens with two attached hydrogens (primary N) is 2. The van der Waals surface area contributed by atoms with Crippen molar-refractivity contribution in [3.8, 4) is 16.9 Å². The molecule has 0 saturated heterocycles. The second-order valence-electron chi connectivity index (χ2n) is 12.2. The van der Waals surface area contributed by atoms with E-state index in [4.69, 9.17) is 11.5 Å². The Morgan fingerprint density at radius 2 is 1.81 bits per heavy atom. The number of carbonyl (C=O) groups excluding carboxylic acids is 3. The number of likely N-dealkylation sites (N-methyl/N-ethyl adjacent to an activating group) is 1. The number of phenolic OH excluding ortho intramolecular Hbond substituents is 1. The fourth-order valence-corrected chi connectivity index (χ4v) is 7.65. The van der Waals surface area contributed by atoms with E-state index in [9.17, 15) is 44.9 Å². The summed E-state index contributed by atoms with van der Waals surface area (Å²) < 4.78 is 0. The molecule has 0 aromatic heterocycles. The Labute approximate surface area is 245 Å². The van der Waals surface area contributed by atoms with Gasteiger partial charge in [-0.05, 0) is 49.7 Å². The van der Waals surface area contributed by atoms with Crippen LogP contribution in [0.15, 0.2) is 47.2 Å². The highest BCUT2D eigenvalue weighted by Crippen LogP contribution is 2.63. The normalized spacial score (nSPS) is 28.5. The van der Waals surface area contributed by atoms with Crippen LogP contribution in [-0.4, -0.2) is 73.5 Å². The van der Waals surface area contributed by atoms with E-state index in [1.807, 2.05) is 0 Å². The molecule has 8 N–H and O–H groups in total. The lowest BCUT2D eigenvalue weighted by Gasteiger charge is -2.59. The van der Waals surface area contributed by atoms with Gasteiger partial charge in [-0.3, -0.25) is 29.4 Å². The molecule has 0 aliphatic heterocycles. The number of benzene rings is 2. The number of aromatic hydroxyl groups is 1. The summed E-state index contributed by atoms with van der Waals surface area (Å²) in [5.74, 6) is -5.65. The number of aliphatic hydroxyl groups excluding tert-OH is 2. The molecule has 0 spiro atoms. The molecule has 2 aromatic rings. The minimum absolute atomic E-state index is 0.0168. The van der Waals surface area contributed by atoms with Crippen LogP contribution in [-0.2, 0) is 27.3 Å². The van der Waals surface area contributed by atoms with Crippen LogP contribution in [0.25, 0.3) is 16.9 Å². The maximum Gasteiger partial charge on any atom is 0.270 e. The van der Waals surface area contributed by atoms with Crippen molar-refractivity contribution in [3.05, 3.63) is 74.0 Å². The Balaban J connectivity index is 1.86. The number of nitro groups is 1. The van der Waals surface area contributed by atoms with Gasteiger partial charge in [-0.15, -0.1) is 0 Å². The topological polar surface area (TPSA) is 231 Å². The number of fused-ring (bicyclic) bond motifs is 3. The Morgan fingerprint density at radius 1 is 1.16 bits per heavy atom. The number of hydrogen-bond acceptors (Lipinski definition) is 11. The number of nitrogens with zero attached hydrogens (tertiary/aromatic N) is 2. The van der Waals surface area contributed by atoms with E-state index in [1.165, 1.54) is 44.1 Å². The summed E-state index contributed by atoms with van der Waals surface area (Å²) in [6.45, 7) is 2.92. The van der Waals surface area contributed by atoms with Gasteiger partial charge in [0.15, 0.2) is 11.4 Å². The number of carbonyl (C=O) groups is 3. The van der Waals surface area contributed by atoms with E-state index in [1.54, 1.807) is 19.1 Å². The van der Waals surface area contributed by atoms with Crippen molar-refractivity contribution >= 4 is 28.9 Å². The van der Waals surface area contributed by atoms with Crippen LogP contribution in [0, 0.1) is 20.9 Å². The van der Waals surface area contributed by atoms with Crippen molar-refractivity contribution in [3.63, 3.8) is 0 Å². The summed E-state index contributed by atoms with van der Waals surface area (Å²) in [5, 5.41) is 57.8. The number of primary amides is 1. The van der Waals surface area contributed by atoms with Crippen molar-refractivity contribution in [1.29, 1.82) is 0 Å². The molecule has 1 fully saturated rings. The van der Waals surface area contributed by atoms with Gasteiger partial charge in [0.2, 0.25) is 5.78 Å². The molecule has 226 valence electrons. The van der Waals surface area contributed by atoms with Crippen LogP contribution in [0.1, 0.15) is 37.0 Å². The standard InChI is InChI=1S/C30H32N4O9/c1-28-10-17-16(13-6-5-7-15(8-13)34(42)43)9-14(11-31)21(35)18(17)22(36)20(28)26(39)30(41)25(38)19(27(32)40)23(37)24(33(3)4)29(30,2)12-28/h5-9,24,35-36,38,41H,10-12,31H2,1-4H3,(H2,32,40)/t24-,28+,29+,30-/m1/s1. The summed E-state index contributed by atoms with van der Waals surface area (Å²) in [4.78, 5) is 52.7. The van der Waals surface area contributed by atoms with E-state index in [2.05, 4.69) is 0 Å². The van der Waals surface area contributed by atoms with Gasteiger partial charge in [0.1, 0.15) is 22.8 Å². The van der Waals surface area contributed by atoms with Crippen LogP contribution < -0.4 is 11.5 Å². The zero-order chi connectivity index (χ0) is 32.0. The highest BCUT2D eigenvalue weighted by atomic mass is 16.6. The van der Waals surface area contributed by atoms with Gasteiger partial charge in [-0.1, -0.05) is 26.0 Å². The number of ketones is 2. The van der Waals surface area contributed by atoms with Crippen molar-refractivity contribution in [2.45, 2.75) is 44.9 Å². The number of aliphatic hydroxyl groups is 3. The molecule has 0 bridgehead atoms. The fraction of sp³-hybridized carbons (Fsp3) is 0.367. The maximum absolute atomic E-state index is 14.4. The molecule has 3 aliphatic carbocycles. The first kappa shape index (κ1) is 29.9. The molecule has 0 radical (unpaired) electrons. The average Bonchev–Trinajstić information content (AvgIpc) is 2.90. The van der Waals surface area contributed by atoms with E-state index in [0.717, 1.165) is 0 Å². The number of nitro benzene ring substituents is 1. The molecular formula is C30H32N4O9. The lowest BCUT2D eigenvalue weighted by molar-refractivity contribution is -0.384. The van der Waals surface area contributed by atoms with Crippen LogP contribution >= 0.6 is 0 Å². The number of amides is 1. The minimum Gasteiger partial charge on any atom is -0.508 e. The Bertz CT molecular complexity index is 1730. The van der Waals surface area contributed by atoms with Crippen LogP contribution in [0.2, 0.25) is 0 Å². The van der Waals surface area contributed by atoms with Gasteiger partial charge in [-0.25, -0.2) is 0 Å². The molecule has 5 rings (SSSR count). The van der Waals surface area contributed by atoms with E-state index in [0.29, 0.717) is 16.7 Å². The maximum atomic E-state index is 14.4. The van der Waals surface area contributed by atoms with Crippen molar-refractivity contribution in [1.82, 2.24) is 4.90 Å². The summed E-state index contributed by atoms with van der Waals surface area (Å²) in [5.41, 5.74) is 5.24. The first-order chi connectivity index (χ1) is 20.0. The SMILES string of the molecule is CN(C)[C@@H]1C(=O)C(C(N)=O)=C(O)[C@@]2(O)C(=O)C3=C(O)c4c(O)c(CN)cc(-c5cccc([N+](=O)[O-])c5)c4C[C@@]3(C)C[C@@]12C. The first-order valence-corrected chi connectivity index (χ1v) is 13.4. The van der Waals surface area contributed by atoms with Crippen LogP contribution in [0.5, 0.6) is 5.75 Å². The monoisotopic (exact) mass is 592 g/mol. The highest BCUT2D eigenvalue weighted by molar-refractivity contribution is 6.25. The van der Waals surface area contributed by atoms with Gasteiger partial charge >= 0.3 is 0 Å². The Kier molecular flexibility index (Phi) is 6.57. The largest absolute Gasteiger partial charge is 0.508 e. The third-order valence-electron chi connectivity index (χ3n) is 9.30. The average molecular weight is 593 g/mol. The number of Topliss-reactive ketones (excluding diaryl/α,β-unsaturated/α-hetero) is 2. The fourth-order valence-electron chi connectivity index (χ4n) is 7.65. The van der Waals surface area contributed by atoms with Crippen molar-refractivity contribution in [2.24, 2.45) is 22.3 Å². The number of phenols is 1. The van der Waals surface area contributed by atoms with E-state index >= 15 is 0 Å². The van der Waals surface area contributed by atoms with Crippen molar-refractivity contribution in [2.75, 3.05) is 14.1 Å². The van der Waals surface area contributed by atoms with Gasteiger partial charge in [0, 0.05) is 40.6 Å². The molecular weight excluding hydrogens is 560 g/mol. The quantitative estimate of drug-likeness (QED) is 0.166.